The van der Waals surface area contributed by atoms with E-state index in [0.29, 0.717) is 32.2 Å². The quantitative estimate of drug-likeness (QED) is 0.734. The second kappa shape index (κ2) is 9.48. The zero-order valence-corrected chi connectivity index (χ0v) is 16.3. The summed E-state index contributed by atoms with van der Waals surface area (Å²) in [7, 11) is 1.64. The van der Waals surface area contributed by atoms with Crippen molar-refractivity contribution in [1.82, 2.24) is 15.1 Å². The smallest absolute Gasteiger partial charge is 0.264 e. The summed E-state index contributed by atoms with van der Waals surface area (Å²) in [5.74, 6) is 0.658. The predicted octanol–water partition coefficient (Wildman–Crippen LogP) is 1.83. The molecule has 1 aliphatic carbocycles. The minimum atomic E-state index is -0.0756. The number of hydrogen-bond acceptors (Lipinski definition) is 5. The fourth-order valence-corrected chi connectivity index (χ4v) is 4.78. The minimum absolute atomic E-state index is 0.0756. The maximum atomic E-state index is 12.8. The molecule has 2 fully saturated rings. The average molecular weight is 380 g/mol. The molecule has 3 rings (SSSR count). The van der Waals surface area contributed by atoms with E-state index in [4.69, 9.17) is 4.74 Å². The molecule has 2 heterocycles. The van der Waals surface area contributed by atoms with Crippen molar-refractivity contribution in [3.63, 3.8) is 0 Å². The molecule has 0 unspecified atom stereocenters. The summed E-state index contributed by atoms with van der Waals surface area (Å²) in [6, 6.07) is 3.71. The summed E-state index contributed by atoms with van der Waals surface area (Å²) in [4.78, 5) is 30.3. The van der Waals surface area contributed by atoms with Crippen molar-refractivity contribution < 1.29 is 14.3 Å². The molecule has 6 nitrogen and oxygen atoms in total. The molecule has 1 aromatic heterocycles. The second-order valence-electron chi connectivity index (χ2n) is 7.08. The Bertz CT molecular complexity index is 579. The molecule has 1 N–H and O–H groups in total. The third-order valence-electron chi connectivity index (χ3n) is 5.45. The predicted molar refractivity (Wildman–Crippen MR) is 102 cm³/mol. The SMILES string of the molecule is COCCNC(=O)[C@@H](C1CCCC1)N1CCN(C(=O)c2cccs2)CC1. The standard InChI is InChI=1S/C19H29N3O3S/c1-25-13-8-20-18(23)17(15-5-2-3-6-15)21-9-11-22(12-10-21)19(24)16-7-4-14-26-16/h4,7,14-15,17H,2-3,5-6,8-13H2,1H3,(H,20,23)/t17-/m1/s1. The molecule has 1 atom stereocenters. The number of carbonyl (C=O) groups excluding carboxylic acids is 2. The van der Waals surface area contributed by atoms with E-state index in [1.807, 2.05) is 22.4 Å². The number of ether oxygens (including phenoxy) is 1. The van der Waals surface area contributed by atoms with Crippen molar-refractivity contribution in [1.29, 1.82) is 0 Å². The van der Waals surface area contributed by atoms with Gasteiger partial charge in [-0.15, -0.1) is 11.3 Å². The van der Waals surface area contributed by atoms with Crippen LogP contribution in [0.4, 0.5) is 0 Å². The fraction of sp³-hybridized carbons (Fsp3) is 0.684. The van der Waals surface area contributed by atoms with Gasteiger partial charge in [-0.3, -0.25) is 14.5 Å². The Kier molecular flexibility index (Phi) is 7.05. The summed E-state index contributed by atoms with van der Waals surface area (Å²) < 4.78 is 5.05. The molecule has 1 aromatic rings. The number of carbonyl (C=O) groups is 2. The summed E-state index contributed by atoms with van der Waals surface area (Å²) in [5.41, 5.74) is 0. The lowest BCUT2D eigenvalue weighted by atomic mass is 9.95. The molecular weight excluding hydrogens is 350 g/mol. The first kappa shape index (κ1) is 19.3. The number of amides is 2. The van der Waals surface area contributed by atoms with Gasteiger partial charge in [0.2, 0.25) is 5.91 Å². The zero-order chi connectivity index (χ0) is 18.4. The van der Waals surface area contributed by atoms with Crippen molar-refractivity contribution in [2.75, 3.05) is 46.4 Å². The van der Waals surface area contributed by atoms with Gasteiger partial charge in [0, 0.05) is 39.8 Å². The Morgan fingerprint density at radius 1 is 1.27 bits per heavy atom. The molecule has 1 aliphatic heterocycles. The van der Waals surface area contributed by atoms with Crippen LogP contribution < -0.4 is 5.32 Å². The number of methoxy groups -OCH3 is 1. The van der Waals surface area contributed by atoms with Gasteiger partial charge < -0.3 is 15.0 Å². The number of nitrogens with one attached hydrogen (secondary N) is 1. The first-order valence-corrected chi connectivity index (χ1v) is 10.4. The van der Waals surface area contributed by atoms with Gasteiger partial charge in [-0.1, -0.05) is 18.9 Å². The Hall–Kier alpha value is -1.44. The zero-order valence-electron chi connectivity index (χ0n) is 15.5. The Balaban J connectivity index is 1.59. The van der Waals surface area contributed by atoms with Crippen LogP contribution in [0, 0.1) is 5.92 Å². The van der Waals surface area contributed by atoms with Gasteiger partial charge in [0.25, 0.3) is 5.91 Å². The van der Waals surface area contributed by atoms with Crippen LogP contribution in [0.15, 0.2) is 17.5 Å². The van der Waals surface area contributed by atoms with Crippen molar-refractivity contribution >= 4 is 23.2 Å². The highest BCUT2D eigenvalue weighted by atomic mass is 32.1. The van der Waals surface area contributed by atoms with E-state index in [2.05, 4.69) is 10.2 Å². The normalized spacial score (nSPS) is 20.3. The van der Waals surface area contributed by atoms with Crippen LogP contribution in [-0.4, -0.2) is 74.1 Å². The lowest BCUT2D eigenvalue weighted by Crippen LogP contribution is -2.58. The Morgan fingerprint density at radius 3 is 2.62 bits per heavy atom. The second-order valence-corrected chi connectivity index (χ2v) is 8.03. The Labute approximate surface area is 159 Å². The van der Waals surface area contributed by atoms with Crippen molar-refractivity contribution in [2.24, 2.45) is 5.92 Å². The van der Waals surface area contributed by atoms with E-state index in [1.54, 1.807) is 7.11 Å². The molecule has 0 spiro atoms. The van der Waals surface area contributed by atoms with Gasteiger partial charge in [-0.05, 0) is 30.2 Å². The van der Waals surface area contributed by atoms with Gasteiger partial charge in [-0.25, -0.2) is 0 Å². The van der Waals surface area contributed by atoms with E-state index in [0.717, 1.165) is 30.8 Å². The molecule has 26 heavy (non-hydrogen) atoms. The molecule has 0 radical (unpaired) electrons. The lowest BCUT2D eigenvalue weighted by molar-refractivity contribution is -0.129. The largest absolute Gasteiger partial charge is 0.383 e. The molecule has 2 amide bonds. The molecule has 1 saturated carbocycles. The van der Waals surface area contributed by atoms with E-state index >= 15 is 0 Å². The van der Waals surface area contributed by atoms with Gasteiger partial charge >= 0.3 is 0 Å². The monoisotopic (exact) mass is 379 g/mol. The van der Waals surface area contributed by atoms with Crippen LogP contribution in [0.25, 0.3) is 0 Å². The van der Waals surface area contributed by atoms with Gasteiger partial charge in [-0.2, -0.15) is 0 Å². The number of hydrogen-bond donors (Lipinski definition) is 1. The summed E-state index contributed by atoms with van der Waals surface area (Å²) >= 11 is 1.49. The third kappa shape index (κ3) is 4.64. The third-order valence-corrected chi connectivity index (χ3v) is 6.31. The molecule has 144 valence electrons. The van der Waals surface area contributed by atoms with Gasteiger partial charge in [0.1, 0.15) is 0 Å². The Morgan fingerprint density at radius 2 is 2.00 bits per heavy atom. The number of nitrogens with zero attached hydrogens (tertiary/aromatic N) is 2. The van der Waals surface area contributed by atoms with Crippen molar-refractivity contribution in [3.05, 3.63) is 22.4 Å². The first-order valence-electron chi connectivity index (χ1n) is 9.54. The highest BCUT2D eigenvalue weighted by Gasteiger charge is 2.37. The van der Waals surface area contributed by atoms with Crippen molar-refractivity contribution in [2.45, 2.75) is 31.7 Å². The molecular formula is C19H29N3O3S. The van der Waals surface area contributed by atoms with Crippen LogP contribution in [-0.2, 0) is 9.53 Å². The van der Waals surface area contributed by atoms with E-state index in [9.17, 15) is 9.59 Å². The highest BCUT2D eigenvalue weighted by molar-refractivity contribution is 7.12. The molecule has 1 saturated heterocycles. The average Bonchev–Trinajstić information content (AvgIpc) is 3.36. The van der Waals surface area contributed by atoms with E-state index < -0.39 is 0 Å². The number of piperazine rings is 1. The molecule has 0 bridgehead atoms. The van der Waals surface area contributed by atoms with E-state index in [-0.39, 0.29) is 17.9 Å². The minimum Gasteiger partial charge on any atom is -0.383 e. The van der Waals surface area contributed by atoms with E-state index in [1.165, 1.54) is 24.2 Å². The summed E-state index contributed by atoms with van der Waals surface area (Å²) in [5, 5.41) is 4.96. The highest BCUT2D eigenvalue weighted by Crippen LogP contribution is 2.31. The molecule has 7 heteroatoms. The molecule has 0 aromatic carbocycles. The number of thiophene rings is 1. The van der Waals surface area contributed by atoms with Crippen LogP contribution in [0.2, 0.25) is 0 Å². The topological polar surface area (TPSA) is 61.9 Å². The van der Waals surface area contributed by atoms with Crippen LogP contribution in [0.1, 0.15) is 35.4 Å². The van der Waals surface area contributed by atoms with Crippen LogP contribution >= 0.6 is 11.3 Å². The maximum absolute atomic E-state index is 12.8. The summed E-state index contributed by atoms with van der Waals surface area (Å²) in [6.45, 7) is 3.98. The summed E-state index contributed by atoms with van der Waals surface area (Å²) in [6.07, 6.45) is 4.67. The number of rotatable bonds is 7. The van der Waals surface area contributed by atoms with Gasteiger partial charge in [0.05, 0.1) is 17.5 Å². The molecule has 2 aliphatic rings. The maximum Gasteiger partial charge on any atom is 0.264 e. The fourth-order valence-electron chi connectivity index (χ4n) is 4.09. The van der Waals surface area contributed by atoms with Crippen molar-refractivity contribution in [3.8, 4) is 0 Å². The lowest BCUT2D eigenvalue weighted by Gasteiger charge is -2.40. The van der Waals surface area contributed by atoms with Crippen LogP contribution in [0.3, 0.4) is 0 Å². The van der Waals surface area contributed by atoms with Gasteiger partial charge in [0.15, 0.2) is 0 Å². The first-order chi connectivity index (χ1) is 12.7. The van der Waals surface area contributed by atoms with Crippen LogP contribution in [0.5, 0.6) is 0 Å².